The molecule has 0 saturated heterocycles. The third kappa shape index (κ3) is 3.23. The van der Waals surface area contributed by atoms with Crippen LogP contribution in [0.3, 0.4) is 0 Å². The van der Waals surface area contributed by atoms with Crippen LogP contribution in [0.25, 0.3) is 0 Å². The molecule has 1 atom stereocenters. The van der Waals surface area contributed by atoms with Gasteiger partial charge in [0.1, 0.15) is 0 Å². The minimum atomic E-state index is 0.584. The quantitative estimate of drug-likeness (QED) is 0.813. The molecule has 17 heavy (non-hydrogen) atoms. The first-order valence-electron chi connectivity index (χ1n) is 7.41. The van der Waals surface area contributed by atoms with E-state index >= 15 is 0 Å². The molecule has 2 saturated carbocycles. The van der Waals surface area contributed by atoms with E-state index in [0.29, 0.717) is 5.41 Å². The van der Waals surface area contributed by atoms with Crippen LogP contribution in [-0.4, -0.2) is 37.1 Å². The highest BCUT2D eigenvalue weighted by Crippen LogP contribution is 2.40. The molecule has 0 aromatic rings. The first-order chi connectivity index (χ1) is 8.02. The molecule has 1 unspecified atom stereocenters. The molecule has 2 aliphatic carbocycles. The van der Waals surface area contributed by atoms with Gasteiger partial charge >= 0.3 is 0 Å². The Bertz CT molecular complexity index is 241. The van der Waals surface area contributed by atoms with E-state index < -0.39 is 0 Å². The largest absolute Gasteiger partial charge is 0.317 e. The van der Waals surface area contributed by atoms with Crippen LogP contribution in [0.4, 0.5) is 0 Å². The lowest BCUT2D eigenvalue weighted by Crippen LogP contribution is -2.44. The number of rotatable bonds is 3. The molecular weight excluding hydrogens is 208 g/mol. The van der Waals surface area contributed by atoms with Gasteiger partial charge in [0.2, 0.25) is 0 Å². The van der Waals surface area contributed by atoms with Crippen LogP contribution in [0.5, 0.6) is 0 Å². The highest BCUT2D eigenvalue weighted by atomic mass is 15.2. The summed E-state index contributed by atoms with van der Waals surface area (Å²) >= 11 is 0. The second-order valence-electron chi connectivity index (χ2n) is 7.02. The standard InChI is InChI=1S/C15H30N2/c1-15(2)10-9-14(11-15)17(4)13-7-5-12(16-3)6-8-13/h12-14,16H,5-11H2,1-4H3. The van der Waals surface area contributed by atoms with E-state index in [4.69, 9.17) is 0 Å². The molecule has 1 N–H and O–H groups in total. The molecule has 0 amide bonds. The summed E-state index contributed by atoms with van der Waals surface area (Å²) < 4.78 is 0. The monoisotopic (exact) mass is 238 g/mol. The normalized spacial score (nSPS) is 37.6. The van der Waals surface area contributed by atoms with E-state index in [9.17, 15) is 0 Å². The molecule has 2 nitrogen and oxygen atoms in total. The molecule has 0 aromatic carbocycles. The predicted octanol–water partition coefficient (Wildman–Crippen LogP) is 3.03. The maximum Gasteiger partial charge on any atom is 0.0100 e. The second-order valence-corrected chi connectivity index (χ2v) is 7.02. The zero-order valence-corrected chi connectivity index (χ0v) is 12.1. The number of hydrogen-bond donors (Lipinski definition) is 1. The van der Waals surface area contributed by atoms with E-state index in [2.05, 4.69) is 38.2 Å². The van der Waals surface area contributed by atoms with Gasteiger partial charge in [0.05, 0.1) is 0 Å². The van der Waals surface area contributed by atoms with E-state index in [0.717, 1.165) is 18.1 Å². The fraction of sp³-hybridized carbons (Fsp3) is 1.00. The molecular formula is C15H30N2. The van der Waals surface area contributed by atoms with Crippen LogP contribution in [0.2, 0.25) is 0 Å². The summed E-state index contributed by atoms with van der Waals surface area (Å²) in [7, 11) is 4.48. The zero-order valence-electron chi connectivity index (χ0n) is 12.1. The number of nitrogens with zero attached hydrogens (tertiary/aromatic N) is 1. The molecule has 100 valence electrons. The van der Waals surface area contributed by atoms with Gasteiger partial charge in [-0.25, -0.2) is 0 Å². The van der Waals surface area contributed by atoms with Crippen LogP contribution in [-0.2, 0) is 0 Å². The summed E-state index contributed by atoms with van der Waals surface area (Å²) in [6.45, 7) is 4.86. The fourth-order valence-corrected chi connectivity index (χ4v) is 3.82. The predicted molar refractivity (Wildman–Crippen MR) is 74.3 cm³/mol. The molecule has 0 bridgehead atoms. The van der Waals surface area contributed by atoms with Gasteiger partial charge in [0, 0.05) is 18.1 Å². The van der Waals surface area contributed by atoms with E-state index in [1.54, 1.807) is 0 Å². The Labute approximate surface area is 107 Å². The highest BCUT2D eigenvalue weighted by molar-refractivity contribution is 4.91. The van der Waals surface area contributed by atoms with Crippen molar-refractivity contribution in [2.75, 3.05) is 14.1 Å². The van der Waals surface area contributed by atoms with Crippen molar-refractivity contribution in [1.29, 1.82) is 0 Å². The van der Waals surface area contributed by atoms with Gasteiger partial charge < -0.3 is 10.2 Å². The van der Waals surface area contributed by atoms with Crippen LogP contribution in [0.15, 0.2) is 0 Å². The summed E-state index contributed by atoms with van der Waals surface area (Å²) in [5.41, 5.74) is 0.584. The van der Waals surface area contributed by atoms with Gasteiger partial charge in [0.15, 0.2) is 0 Å². The van der Waals surface area contributed by atoms with Gasteiger partial charge in [-0.1, -0.05) is 13.8 Å². The van der Waals surface area contributed by atoms with Crippen LogP contribution in [0.1, 0.15) is 58.8 Å². The molecule has 0 heterocycles. The average Bonchev–Trinajstić information content (AvgIpc) is 2.69. The van der Waals surface area contributed by atoms with Crippen molar-refractivity contribution in [2.45, 2.75) is 76.9 Å². The number of hydrogen-bond acceptors (Lipinski definition) is 2. The minimum Gasteiger partial charge on any atom is -0.317 e. The zero-order chi connectivity index (χ0) is 12.5. The lowest BCUT2D eigenvalue weighted by Gasteiger charge is -2.38. The van der Waals surface area contributed by atoms with Crippen molar-refractivity contribution in [3.8, 4) is 0 Å². The first kappa shape index (κ1) is 13.4. The molecule has 2 rings (SSSR count). The SMILES string of the molecule is CNC1CCC(N(C)C2CCC(C)(C)C2)CC1. The molecule has 0 aliphatic heterocycles. The van der Waals surface area contributed by atoms with Crippen LogP contribution in [0, 0.1) is 5.41 Å². The van der Waals surface area contributed by atoms with Crippen molar-refractivity contribution in [3.63, 3.8) is 0 Å². The van der Waals surface area contributed by atoms with Crippen LogP contribution < -0.4 is 5.32 Å². The van der Waals surface area contributed by atoms with E-state index in [1.165, 1.54) is 44.9 Å². The molecule has 0 aromatic heterocycles. The fourth-order valence-electron chi connectivity index (χ4n) is 3.82. The number of nitrogens with one attached hydrogen (secondary N) is 1. The van der Waals surface area contributed by atoms with Gasteiger partial charge in [-0.15, -0.1) is 0 Å². The Morgan fingerprint density at radius 3 is 2.12 bits per heavy atom. The maximum atomic E-state index is 3.43. The van der Waals surface area contributed by atoms with Crippen molar-refractivity contribution in [1.82, 2.24) is 10.2 Å². The Morgan fingerprint density at radius 1 is 1.00 bits per heavy atom. The van der Waals surface area contributed by atoms with Gasteiger partial charge in [0.25, 0.3) is 0 Å². The first-order valence-corrected chi connectivity index (χ1v) is 7.41. The lowest BCUT2D eigenvalue weighted by molar-refractivity contribution is 0.123. The van der Waals surface area contributed by atoms with Crippen LogP contribution >= 0.6 is 0 Å². The summed E-state index contributed by atoms with van der Waals surface area (Å²) in [6, 6.07) is 2.47. The lowest BCUT2D eigenvalue weighted by atomic mass is 9.88. The topological polar surface area (TPSA) is 15.3 Å². The van der Waals surface area contributed by atoms with Crippen molar-refractivity contribution in [2.24, 2.45) is 5.41 Å². The second kappa shape index (κ2) is 5.27. The summed E-state index contributed by atoms with van der Waals surface area (Å²) in [5.74, 6) is 0. The van der Waals surface area contributed by atoms with Crippen molar-refractivity contribution in [3.05, 3.63) is 0 Å². The van der Waals surface area contributed by atoms with Gasteiger partial charge in [-0.05, 0) is 64.5 Å². The third-order valence-electron chi connectivity index (χ3n) is 5.20. The minimum absolute atomic E-state index is 0.584. The maximum absolute atomic E-state index is 3.43. The van der Waals surface area contributed by atoms with E-state index in [1.807, 2.05) is 0 Å². The highest BCUT2D eigenvalue weighted by Gasteiger charge is 2.36. The Hall–Kier alpha value is -0.0800. The van der Waals surface area contributed by atoms with Gasteiger partial charge in [-0.2, -0.15) is 0 Å². The molecule has 0 radical (unpaired) electrons. The molecule has 2 fully saturated rings. The molecule has 2 aliphatic rings. The average molecular weight is 238 g/mol. The Kier molecular flexibility index (Phi) is 4.14. The summed E-state index contributed by atoms with van der Waals surface area (Å²) in [4.78, 5) is 2.71. The van der Waals surface area contributed by atoms with Crippen molar-refractivity contribution < 1.29 is 0 Å². The molecule has 2 heteroatoms. The third-order valence-corrected chi connectivity index (χ3v) is 5.20. The van der Waals surface area contributed by atoms with E-state index in [-0.39, 0.29) is 0 Å². The van der Waals surface area contributed by atoms with Gasteiger partial charge in [-0.3, -0.25) is 0 Å². The smallest absolute Gasteiger partial charge is 0.0100 e. The molecule has 0 spiro atoms. The summed E-state index contributed by atoms with van der Waals surface area (Å²) in [5, 5.41) is 3.43. The summed E-state index contributed by atoms with van der Waals surface area (Å²) in [6.07, 6.45) is 9.72. The Balaban J connectivity index is 1.83. The Morgan fingerprint density at radius 2 is 1.65 bits per heavy atom. The van der Waals surface area contributed by atoms with Crippen molar-refractivity contribution >= 4 is 0 Å².